The van der Waals surface area contributed by atoms with Crippen LogP contribution >= 0.6 is 11.6 Å². The molecule has 0 spiro atoms. The lowest BCUT2D eigenvalue weighted by atomic mass is 10.1. The fourth-order valence-corrected chi connectivity index (χ4v) is 4.61. The Balaban J connectivity index is 1.31. The highest BCUT2D eigenvalue weighted by Gasteiger charge is 2.21. The molecule has 2 aliphatic rings. The molecule has 0 saturated carbocycles. The number of nitrogens with one attached hydrogen (secondary N) is 1. The van der Waals surface area contributed by atoms with Crippen LogP contribution in [-0.2, 0) is 4.74 Å². The molecule has 0 bridgehead atoms. The number of nitrogens with zero attached hydrogens (tertiary/aromatic N) is 3. The Kier molecular flexibility index (Phi) is 6.14. The number of pyridine rings is 1. The summed E-state index contributed by atoms with van der Waals surface area (Å²) in [6, 6.07) is 15.8. The summed E-state index contributed by atoms with van der Waals surface area (Å²) in [7, 11) is 0. The number of carbonyl (C=O) groups is 1. The number of rotatable bonds is 5. The second-order valence-electron chi connectivity index (χ2n) is 8.37. The number of anilines is 2. The molecule has 32 heavy (non-hydrogen) atoms. The van der Waals surface area contributed by atoms with E-state index in [9.17, 15) is 4.79 Å². The summed E-state index contributed by atoms with van der Waals surface area (Å²) in [5.41, 5.74) is 1.84. The van der Waals surface area contributed by atoms with Gasteiger partial charge in [0.25, 0.3) is 5.91 Å². The van der Waals surface area contributed by atoms with E-state index in [1.165, 1.54) is 5.69 Å². The maximum Gasteiger partial charge on any atom is 0.251 e. The number of hydrogen-bond acceptors (Lipinski definition) is 5. The molecule has 3 aromatic rings. The number of ether oxygens (including phenoxy) is 1. The molecular weight excluding hydrogens is 424 g/mol. The SMILES string of the molecule is O=C(NC[C@H]1CCCO1)c1ccc2ccnc(N3CCN(c4ccc(Cl)cc4)CC3)c2c1. The third-order valence-corrected chi connectivity index (χ3v) is 6.54. The van der Waals surface area contributed by atoms with Crippen molar-refractivity contribution in [3.63, 3.8) is 0 Å². The van der Waals surface area contributed by atoms with Crippen molar-refractivity contribution < 1.29 is 9.53 Å². The smallest absolute Gasteiger partial charge is 0.251 e. The van der Waals surface area contributed by atoms with Crippen LogP contribution in [0.2, 0.25) is 5.02 Å². The van der Waals surface area contributed by atoms with Crippen molar-refractivity contribution in [2.45, 2.75) is 18.9 Å². The molecular formula is C25H27ClN4O2. The van der Waals surface area contributed by atoms with Gasteiger partial charge in [-0.2, -0.15) is 0 Å². The van der Waals surface area contributed by atoms with Crippen molar-refractivity contribution in [3.8, 4) is 0 Å². The molecule has 0 aliphatic carbocycles. The van der Waals surface area contributed by atoms with E-state index in [4.69, 9.17) is 16.3 Å². The molecule has 1 amide bonds. The summed E-state index contributed by atoms with van der Waals surface area (Å²) in [5, 5.41) is 5.87. The fourth-order valence-electron chi connectivity index (χ4n) is 4.49. The Bertz CT molecular complexity index is 1090. The lowest BCUT2D eigenvalue weighted by molar-refractivity contribution is 0.0858. The minimum atomic E-state index is -0.0650. The fraction of sp³-hybridized carbons (Fsp3) is 0.360. The first-order valence-corrected chi connectivity index (χ1v) is 11.6. The first-order valence-electron chi connectivity index (χ1n) is 11.2. The number of hydrogen-bond donors (Lipinski definition) is 1. The van der Waals surface area contributed by atoms with E-state index in [2.05, 4.69) is 32.2 Å². The van der Waals surface area contributed by atoms with E-state index in [-0.39, 0.29) is 12.0 Å². The van der Waals surface area contributed by atoms with E-state index < -0.39 is 0 Å². The van der Waals surface area contributed by atoms with Gasteiger partial charge in [-0.1, -0.05) is 17.7 Å². The molecule has 166 valence electrons. The Morgan fingerprint density at radius 3 is 2.59 bits per heavy atom. The Morgan fingerprint density at radius 1 is 1.06 bits per heavy atom. The van der Waals surface area contributed by atoms with Crippen LogP contribution in [0.4, 0.5) is 11.5 Å². The Labute approximate surface area is 193 Å². The van der Waals surface area contributed by atoms with E-state index in [1.54, 1.807) is 0 Å². The highest BCUT2D eigenvalue weighted by atomic mass is 35.5. The number of fused-ring (bicyclic) bond motifs is 1. The average Bonchev–Trinajstić information content (AvgIpc) is 3.36. The summed E-state index contributed by atoms with van der Waals surface area (Å²) >= 11 is 6.03. The second-order valence-corrected chi connectivity index (χ2v) is 8.80. The van der Waals surface area contributed by atoms with Crippen LogP contribution in [0.1, 0.15) is 23.2 Å². The van der Waals surface area contributed by atoms with Gasteiger partial charge >= 0.3 is 0 Å². The predicted molar refractivity (Wildman–Crippen MR) is 129 cm³/mol. The van der Waals surface area contributed by atoms with Gasteiger partial charge in [0.15, 0.2) is 0 Å². The Hall–Kier alpha value is -2.83. The molecule has 0 radical (unpaired) electrons. The van der Waals surface area contributed by atoms with Crippen molar-refractivity contribution in [2.24, 2.45) is 0 Å². The molecule has 6 nitrogen and oxygen atoms in total. The number of aromatic nitrogens is 1. The largest absolute Gasteiger partial charge is 0.376 e. The molecule has 1 aromatic heterocycles. The minimum absolute atomic E-state index is 0.0650. The number of amides is 1. The number of carbonyl (C=O) groups excluding carboxylic acids is 1. The molecule has 1 N–H and O–H groups in total. The number of piperazine rings is 1. The maximum atomic E-state index is 12.7. The van der Waals surface area contributed by atoms with Gasteiger partial charge in [-0.25, -0.2) is 4.98 Å². The van der Waals surface area contributed by atoms with Crippen molar-refractivity contribution in [1.29, 1.82) is 0 Å². The molecule has 3 heterocycles. The van der Waals surface area contributed by atoms with Crippen LogP contribution < -0.4 is 15.1 Å². The average molecular weight is 451 g/mol. The van der Waals surface area contributed by atoms with Gasteiger partial charge in [0.2, 0.25) is 0 Å². The number of benzene rings is 2. The van der Waals surface area contributed by atoms with Gasteiger partial charge in [-0.15, -0.1) is 0 Å². The zero-order chi connectivity index (χ0) is 21.9. The van der Waals surface area contributed by atoms with E-state index in [0.29, 0.717) is 12.1 Å². The van der Waals surface area contributed by atoms with Crippen molar-refractivity contribution in [3.05, 3.63) is 65.3 Å². The van der Waals surface area contributed by atoms with Crippen LogP contribution in [0, 0.1) is 0 Å². The number of halogens is 1. The molecule has 2 aliphatic heterocycles. The standard InChI is InChI=1S/C25H27ClN4O2/c26-20-5-7-21(8-6-20)29-11-13-30(14-12-29)24-23-16-19(4-3-18(23)9-10-27-24)25(31)28-17-22-2-1-15-32-22/h3-10,16,22H,1-2,11-15,17H2,(H,28,31)/t22-/m1/s1. The van der Waals surface area contributed by atoms with Gasteiger partial charge in [0, 0.05) is 67.2 Å². The molecule has 2 aromatic carbocycles. The molecule has 0 unspecified atom stereocenters. The molecule has 2 saturated heterocycles. The molecule has 5 rings (SSSR count). The van der Waals surface area contributed by atoms with E-state index in [0.717, 1.165) is 67.2 Å². The summed E-state index contributed by atoms with van der Waals surface area (Å²) in [6.07, 6.45) is 4.05. The van der Waals surface area contributed by atoms with Crippen molar-refractivity contribution in [1.82, 2.24) is 10.3 Å². The van der Waals surface area contributed by atoms with Crippen LogP contribution in [0.15, 0.2) is 54.7 Å². The highest BCUT2D eigenvalue weighted by molar-refractivity contribution is 6.30. The summed E-state index contributed by atoms with van der Waals surface area (Å²) in [6.45, 7) is 4.89. The summed E-state index contributed by atoms with van der Waals surface area (Å²) in [5.74, 6) is 0.872. The predicted octanol–water partition coefficient (Wildman–Crippen LogP) is 4.12. The molecule has 7 heteroatoms. The van der Waals surface area contributed by atoms with Crippen LogP contribution in [0.3, 0.4) is 0 Å². The second kappa shape index (κ2) is 9.35. The van der Waals surface area contributed by atoms with E-state index in [1.807, 2.05) is 42.6 Å². The summed E-state index contributed by atoms with van der Waals surface area (Å²) in [4.78, 5) is 22.1. The van der Waals surface area contributed by atoms with Crippen molar-refractivity contribution >= 4 is 39.8 Å². The van der Waals surface area contributed by atoms with Gasteiger partial charge in [-0.05, 0) is 60.7 Å². The lowest BCUT2D eigenvalue weighted by Gasteiger charge is -2.37. The quantitative estimate of drug-likeness (QED) is 0.633. The molecule has 2 fully saturated rings. The third kappa shape index (κ3) is 4.52. The topological polar surface area (TPSA) is 57.7 Å². The van der Waals surface area contributed by atoms with Crippen molar-refractivity contribution in [2.75, 3.05) is 49.1 Å². The van der Waals surface area contributed by atoms with Gasteiger partial charge in [-0.3, -0.25) is 4.79 Å². The Morgan fingerprint density at radius 2 is 1.84 bits per heavy atom. The van der Waals surface area contributed by atoms with Gasteiger partial charge in [0.1, 0.15) is 5.82 Å². The third-order valence-electron chi connectivity index (χ3n) is 6.29. The van der Waals surface area contributed by atoms with Crippen LogP contribution in [0.5, 0.6) is 0 Å². The minimum Gasteiger partial charge on any atom is -0.376 e. The zero-order valence-electron chi connectivity index (χ0n) is 18.0. The summed E-state index contributed by atoms with van der Waals surface area (Å²) < 4.78 is 5.61. The van der Waals surface area contributed by atoms with E-state index >= 15 is 0 Å². The van der Waals surface area contributed by atoms with Gasteiger partial charge in [0.05, 0.1) is 6.10 Å². The first-order chi connectivity index (χ1) is 15.7. The first kappa shape index (κ1) is 21.0. The monoisotopic (exact) mass is 450 g/mol. The maximum absolute atomic E-state index is 12.7. The normalized spacial score (nSPS) is 18.8. The molecule has 1 atom stereocenters. The highest BCUT2D eigenvalue weighted by Crippen LogP contribution is 2.28. The zero-order valence-corrected chi connectivity index (χ0v) is 18.7. The van der Waals surface area contributed by atoms with Gasteiger partial charge < -0.3 is 19.9 Å². The van der Waals surface area contributed by atoms with Crippen LogP contribution in [0.25, 0.3) is 10.8 Å². The van der Waals surface area contributed by atoms with Crippen LogP contribution in [-0.4, -0.2) is 56.3 Å². The lowest BCUT2D eigenvalue weighted by Crippen LogP contribution is -2.46.